The van der Waals surface area contributed by atoms with Crippen LogP contribution in [0.5, 0.6) is 0 Å². The lowest BCUT2D eigenvalue weighted by Crippen LogP contribution is -2.12. The van der Waals surface area contributed by atoms with Crippen LogP contribution in [0.2, 0.25) is 0 Å². The number of hydrogen-bond acceptors (Lipinski definition) is 5. The van der Waals surface area contributed by atoms with E-state index < -0.39 is 0 Å². The van der Waals surface area contributed by atoms with Gasteiger partial charge in [0.2, 0.25) is 0 Å². The molecule has 2 N–H and O–H groups in total. The van der Waals surface area contributed by atoms with Crippen LogP contribution in [0.4, 0.5) is 5.82 Å². The topological polar surface area (TPSA) is 88.0 Å². The van der Waals surface area contributed by atoms with Gasteiger partial charge in [0.1, 0.15) is 5.82 Å². The number of nitrogens with one attached hydrogen (secondary N) is 2. The first kappa shape index (κ1) is 13.3. The molecular formula is C14H16N6O. The first-order valence-corrected chi connectivity index (χ1v) is 6.75. The maximum atomic E-state index is 11.3. The molecule has 0 bridgehead atoms. The molecule has 3 heterocycles. The second-order valence-corrected chi connectivity index (χ2v) is 5.08. The number of aromatic amines is 1. The Kier molecular flexibility index (Phi) is 3.39. The van der Waals surface area contributed by atoms with Crippen LogP contribution < -0.4 is 10.9 Å². The van der Waals surface area contributed by atoms with Crippen molar-refractivity contribution >= 4 is 11.5 Å². The molecule has 3 rings (SSSR count). The van der Waals surface area contributed by atoms with Gasteiger partial charge in [-0.25, -0.2) is 9.97 Å². The maximum absolute atomic E-state index is 11.3. The molecule has 0 aliphatic carbocycles. The zero-order chi connectivity index (χ0) is 14.8. The summed E-state index contributed by atoms with van der Waals surface area (Å²) in [5, 5.41) is 7.51. The molecule has 108 valence electrons. The molecule has 0 radical (unpaired) electrons. The number of nitrogens with zero attached hydrogens (tertiary/aromatic N) is 4. The van der Waals surface area contributed by atoms with Gasteiger partial charge in [-0.15, -0.1) is 0 Å². The van der Waals surface area contributed by atoms with E-state index in [1.165, 1.54) is 12.4 Å². The highest BCUT2D eigenvalue weighted by molar-refractivity contribution is 5.49. The molecule has 0 spiro atoms. The van der Waals surface area contributed by atoms with Gasteiger partial charge in [0.05, 0.1) is 24.8 Å². The van der Waals surface area contributed by atoms with Crippen molar-refractivity contribution in [3.63, 3.8) is 0 Å². The highest BCUT2D eigenvalue weighted by Gasteiger charge is 2.09. The zero-order valence-corrected chi connectivity index (χ0v) is 11.9. The van der Waals surface area contributed by atoms with Gasteiger partial charge in [-0.05, 0) is 5.92 Å². The lowest BCUT2D eigenvalue weighted by molar-refractivity contribution is 0.807. The molecule has 0 aliphatic heterocycles. The molecule has 7 nitrogen and oxygen atoms in total. The molecule has 21 heavy (non-hydrogen) atoms. The highest BCUT2D eigenvalue weighted by atomic mass is 16.1. The minimum atomic E-state index is -0.163. The molecule has 0 fully saturated rings. The molecular weight excluding hydrogens is 268 g/mol. The van der Waals surface area contributed by atoms with E-state index in [0.717, 1.165) is 17.2 Å². The lowest BCUT2D eigenvalue weighted by Gasteiger charge is -2.11. The van der Waals surface area contributed by atoms with Crippen LogP contribution in [0.3, 0.4) is 0 Å². The Morgan fingerprint density at radius 1 is 1.38 bits per heavy atom. The summed E-state index contributed by atoms with van der Waals surface area (Å²) in [6, 6.07) is 5.30. The van der Waals surface area contributed by atoms with E-state index in [-0.39, 0.29) is 5.56 Å². The van der Waals surface area contributed by atoms with E-state index in [4.69, 9.17) is 0 Å². The minimum absolute atomic E-state index is 0.163. The maximum Gasteiger partial charge on any atom is 0.250 e. The van der Waals surface area contributed by atoms with E-state index in [2.05, 4.69) is 39.2 Å². The first-order valence-electron chi connectivity index (χ1n) is 6.75. The van der Waals surface area contributed by atoms with Gasteiger partial charge in [-0.2, -0.15) is 9.61 Å². The van der Waals surface area contributed by atoms with Gasteiger partial charge in [-0.3, -0.25) is 4.79 Å². The van der Waals surface area contributed by atoms with E-state index in [1.54, 1.807) is 10.7 Å². The van der Waals surface area contributed by atoms with E-state index in [1.807, 2.05) is 12.1 Å². The van der Waals surface area contributed by atoms with Crippen LogP contribution in [-0.2, 0) is 6.54 Å². The molecule has 0 unspecified atom stereocenters. The summed E-state index contributed by atoms with van der Waals surface area (Å²) in [6.45, 7) is 4.63. The average Bonchev–Trinajstić information content (AvgIpc) is 2.93. The van der Waals surface area contributed by atoms with Gasteiger partial charge in [0.15, 0.2) is 5.65 Å². The summed E-state index contributed by atoms with van der Waals surface area (Å²) in [5.41, 5.74) is 2.29. The fraction of sp³-hybridized carbons (Fsp3) is 0.286. The fourth-order valence-corrected chi connectivity index (χ4v) is 2.04. The quantitative estimate of drug-likeness (QED) is 0.759. The summed E-state index contributed by atoms with van der Waals surface area (Å²) in [6.07, 6.45) is 3.11. The summed E-state index contributed by atoms with van der Waals surface area (Å²) in [7, 11) is 0. The second-order valence-electron chi connectivity index (χ2n) is 5.08. The number of fused-ring (bicyclic) bond motifs is 1. The van der Waals surface area contributed by atoms with E-state index >= 15 is 0 Å². The number of H-pyrrole nitrogens is 1. The molecule has 0 saturated heterocycles. The molecule has 7 heteroatoms. The summed E-state index contributed by atoms with van der Waals surface area (Å²) < 4.78 is 1.74. The molecule has 0 saturated carbocycles. The predicted molar refractivity (Wildman–Crippen MR) is 79.3 cm³/mol. The van der Waals surface area contributed by atoms with Crippen LogP contribution >= 0.6 is 0 Å². The Hall–Kier alpha value is -2.70. The average molecular weight is 284 g/mol. The number of rotatable bonds is 4. The van der Waals surface area contributed by atoms with Crippen LogP contribution in [0, 0.1) is 0 Å². The molecule has 3 aromatic heterocycles. The Balaban J connectivity index is 1.92. The molecule has 0 atom stereocenters. The first-order chi connectivity index (χ1) is 10.1. The number of aromatic nitrogens is 5. The standard InChI is InChI=1S/C14H16N6O/c1-9(2)11-6-13(20-12(19-11)3-4-18-20)15-7-10-5-14(21)17-8-16-10/h3-6,8-9,15H,7H2,1-2H3,(H,16,17,21). The molecule has 0 amide bonds. The third kappa shape index (κ3) is 2.76. The van der Waals surface area contributed by atoms with Gasteiger partial charge in [0.25, 0.3) is 5.56 Å². The third-order valence-corrected chi connectivity index (χ3v) is 3.16. The third-order valence-electron chi connectivity index (χ3n) is 3.16. The summed E-state index contributed by atoms with van der Waals surface area (Å²) in [5.74, 6) is 1.15. The summed E-state index contributed by atoms with van der Waals surface area (Å²) in [4.78, 5) is 22.4. The van der Waals surface area contributed by atoms with Crippen molar-refractivity contribution in [3.05, 3.63) is 52.5 Å². The Morgan fingerprint density at radius 2 is 2.24 bits per heavy atom. The van der Waals surface area contributed by atoms with Gasteiger partial charge < -0.3 is 10.3 Å². The molecule has 3 aromatic rings. The highest BCUT2D eigenvalue weighted by Crippen LogP contribution is 2.18. The Labute approximate surface area is 121 Å². The van der Waals surface area contributed by atoms with Crippen LogP contribution in [0.15, 0.2) is 35.5 Å². The van der Waals surface area contributed by atoms with Crippen molar-refractivity contribution in [2.75, 3.05) is 5.32 Å². The van der Waals surface area contributed by atoms with Gasteiger partial charge >= 0.3 is 0 Å². The van der Waals surface area contributed by atoms with Crippen molar-refractivity contribution in [1.82, 2.24) is 24.6 Å². The van der Waals surface area contributed by atoms with Gasteiger partial charge in [0, 0.05) is 23.9 Å². The van der Waals surface area contributed by atoms with Crippen molar-refractivity contribution < 1.29 is 0 Å². The van der Waals surface area contributed by atoms with Crippen molar-refractivity contribution in [1.29, 1.82) is 0 Å². The fourth-order valence-electron chi connectivity index (χ4n) is 2.04. The zero-order valence-electron chi connectivity index (χ0n) is 11.9. The second kappa shape index (κ2) is 5.35. The largest absolute Gasteiger partial charge is 0.364 e. The van der Waals surface area contributed by atoms with Crippen LogP contribution in [-0.4, -0.2) is 24.6 Å². The van der Waals surface area contributed by atoms with E-state index in [0.29, 0.717) is 18.2 Å². The molecule has 0 aromatic carbocycles. The van der Waals surface area contributed by atoms with E-state index in [9.17, 15) is 4.79 Å². The smallest absolute Gasteiger partial charge is 0.250 e. The number of hydrogen-bond donors (Lipinski definition) is 2. The normalized spacial score (nSPS) is 11.2. The predicted octanol–water partition coefficient (Wildman–Crippen LogP) is 1.55. The van der Waals surface area contributed by atoms with Crippen LogP contribution in [0.1, 0.15) is 31.2 Å². The van der Waals surface area contributed by atoms with Crippen molar-refractivity contribution in [2.24, 2.45) is 0 Å². The van der Waals surface area contributed by atoms with Gasteiger partial charge in [-0.1, -0.05) is 13.8 Å². The lowest BCUT2D eigenvalue weighted by atomic mass is 10.1. The van der Waals surface area contributed by atoms with Crippen molar-refractivity contribution in [3.8, 4) is 0 Å². The monoisotopic (exact) mass is 284 g/mol. The molecule has 0 aliphatic rings. The Morgan fingerprint density at radius 3 is 3.00 bits per heavy atom. The summed E-state index contributed by atoms with van der Waals surface area (Å²) >= 11 is 0. The minimum Gasteiger partial charge on any atom is -0.364 e. The number of anilines is 1. The van der Waals surface area contributed by atoms with Crippen molar-refractivity contribution in [2.45, 2.75) is 26.3 Å². The van der Waals surface area contributed by atoms with Crippen LogP contribution in [0.25, 0.3) is 5.65 Å². The SMILES string of the molecule is CC(C)c1cc(NCc2cc(=O)[nH]cn2)n2nccc2n1. The Bertz CT molecular complexity index is 819.